The molecule has 0 radical (unpaired) electrons. The number of carbonyl (C=O) groups excluding carboxylic acids is 4. The summed E-state index contributed by atoms with van der Waals surface area (Å²) in [5.74, 6) is -4.33. The first-order valence-electron chi connectivity index (χ1n) is 11.4. The van der Waals surface area contributed by atoms with Crippen molar-refractivity contribution < 1.29 is 28.3 Å². The minimum Gasteiger partial charge on any atom is -0.468 e. The van der Waals surface area contributed by atoms with E-state index in [2.05, 4.69) is 5.32 Å². The lowest BCUT2D eigenvalue weighted by Crippen LogP contribution is -2.56. The number of hydrogen-bond acceptors (Lipinski definition) is 6. The third kappa shape index (κ3) is 3.72. The van der Waals surface area contributed by atoms with Crippen molar-refractivity contribution in [3.63, 3.8) is 0 Å². The van der Waals surface area contributed by atoms with Gasteiger partial charge in [0, 0.05) is 11.6 Å². The maximum absolute atomic E-state index is 14.1. The summed E-state index contributed by atoms with van der Waals surface area (Å²) in [4.78, 5) is 53.7. The smallest absolute Gasteiger partial charge is 0.326 e. The molecule has 7 nitrogen and oxygen atoms in total. The van der Waals surface area contributed by atoms with E-state index in [1.807, 2.05) is 6.92 Å². The second-order valence-corrected chi connectivity index (χ2v) is 8.87. The Morgan fingerprint density at radius 3 is 2.50 bits per heavy atom. The van der Waals surface area contributed by atoms with Gasteiger partial charge in [-0.2, -0.15) is 0 Å². The van der Waals surface area contributed by atoms with Crippen molar-refractivity contribution in [3.05, 3.63) is 65.5 Å². The number of esters is 1. The summed E-state index contributed by atoms with van der Waals surface area (Å²) in [6.07, 6.45) is 1.65. The standard InChI is InChI=1S/C26H27FN2O5/c1-4-5-12-26(25(33)34-3)21-20(22(28-26)17-9-6-10-18(27)13-17)23(31)29(24(21)32)19-11-7-8-16(14-19)15(2)30/h6-11,13-14,20-22,28H,4-5,12H2,1-3H3/t20-,21-,22-,26+/m1/s1. The van der Waals surface area contributed by atoms with Crippen LogP contribution in [0.15, 0.2) is 48.5 Å². The Balaban J connectivity index is 1.87. The fraction of sp³-hybridized carbons (Fsp3) is 0.385. The zero-order valence-electron chi connectivity index (χ0n) is 19.3. The van der Waals surface area contributed by atoms with Crippen molar-refractivity contribution in [1.82, 2.24) is 5.32 Å². The van der Waals surface area contributed by atoms with Crippen LogP contribution in [0.1, 0.15) is 55.1 Å². The van der Waals surface area contributed by atoms with E-state index in [1.54, 1.807) is 24.3 Å². The Labute approximate surface area is 197 Å². The number of methoxy groups -OCH3 is 1. The molecule has 178 valence electrons. The molecule has 4 rings (SSSR count). The monoisotopic (exact) mass is 466 g/mol. The van der Waals surface area contributed by atoms with Gasteiger partial charge in [-0.25, -0.2) is 9.29 Å². The highest BCUT2D eigenvalue weighted by molar-refractivity contribution is 6.24. The third-order valence-electron chi connectivity index (χ3n) is 6.85. The van der Waals surface area contributed by atoms with E-state index < -0.39 is 47.0 Å². The molecule has 2 saturated heterocycles. The predicted octanol–water partition coefficient (Wildman–Crippen LogP) is 3.58. The molecule has 1 N–H and O–H groups in total. The number of rotatable bonds is 7. The van der Waals surface area contributed by atoms with Crippen LogP contribution in [0, 0.1) is 17.7 Å². The van der Waals surface area contributed by atoms with Gasteiger partial charge < -0.3 is 4.74 Å². The SMILES string of the molecule is CCCC[C@]1(C(=O)OC)N[C@H](c2cccc(F)c2)[C@@H]2C(=O)N(c3cccc(C(C)=O)c3)C(=O)[C@@H]21. The molecule has 0 aliphatic carbocycles. The van der Waals surface area contributed by atoms with Crippen LogP contribution in [0.5, 0.6) is 0 Å². The zero-order chi connectivity index (χ0) is 24.6. The number of Topliss-reactive ketones (excluding diaryl/α,β-unsaturated/α-hetero) is 1. The number of nitrogens with zero attached hydrogens (tertiary/aromatic N) is 1. The molecule has 2 heterocycles. The van der Waals surface area contributed by atoms with E-state index in [4.69, 9.17) is 4.74 Å². The van der Waals surface area contributed by atoms with Crippen LogP contribution in [0.4, 0.5) is 10.1 Å². The second kappa shape index (κ2) is 9.10. The summed E-state index contributed by atoms with van der Waals surface area (Å²) < 4.78 is 19.2. The molecule has 2 aromatic carbocycles. The van der Waals surface area contributed by atoms with Gasteiger partial charge >= 0.3 is 5.97 Å². The molecule has 34 heavy (non-hydrogen) atoms. The van der Waals surface area contributed by atoms with Crippen molar-refractivity contribution in [3.8, 4) is 0 Å². The summed E-state index contributed by atoms with van der Waals surface area (Å²) >= 11 is 0. The lowest BCUT2D eigenvalue weighted by atomic mass is 9.76. The topological polar surface area (TPSA) is 92.8 Å². The normalized spacial score (nSPS) is 26.0. The van der Waals surface area contributed by atoms with Gasteiger partial charge in [0.1, 0.15) is 11.4 Å². The molecule has 0 unspecified atom stereocenters. The van der Waals surface area contributed by atoms with Gasteiger partial charge in [-0.3, -0.25) is 24.5 Å². The Kier molecular flexibility index (Phi) is 6.36. The fourth-order valence-corrected chi connectivity index (χ4v) is 5.26. The number of halogens is 1. The van der Waals surface area contributed by atoms with Crippen LogP contribution in [-0.2, 0) is 19.1 Å². The van der Waals surface area contributed by atoms with E-state index >= 15 is 0 Å². The number of carbonyl (C=O) groups is 4. The van der Waals surface area contributed by atoms with Gasteiger partial charge in [0.05, 0.1) is 24.6 Å². The minimum atomic E-state index is -1.44. The van der Waals surface area contributed by atoms with Gasteiger partial charge in [0.25, 0.3) is 0 Å². The van der Waals surface area contributed by atoms with Crippen LogP contribution in [-0.4, -0.2) is 36.2 Å². The molecular weight excluding hydrogens is 439 g/mol. The average molecular weight is 467 g/mol. The Morgan fingerprint density at radius 1 is 1.12 bits per heavy atom. The van der Waals surface area contributed by atoms with Gasteiger partial charge in [0.15, 0.2) is 5.78 Å². The molecule has 2 aliphatic rings. The number of fused-ring (bicyclic) bond motifs is 1. The van der Waals surface area contributed by atoms with E-state index in [1.165, 1.54) is 38.3 Å². The number of anilines is 1. The van der Waals surface area contributed by atoms with Crippen LogP contribution >= 0.6 is 0 Å². The number of imide groups is 1. The van der Waals surface area contributed by atoms with Gasteiger partial charge in [-0.15, -0.1) is 0 Å². The third-order valence-corrected chi connectivity index (χ3v) is 6.85. The Bertz CT molecular complexity index is 1170. The van der Waals surface area contributed by atoms with Gasteiger partial charge in [0.2, 0.25) is 11.8 Å². The maximum Gasteiger partial charge on any atom is 0.326 e. The van der Waals surface area contributed by atoms with Crippen LogP contribution in [0.25, 0.3) is 0 Å². The van der Waals surface area contributed by atoms with Crippen LogP contribution in [0.3, 0.4) is 0 Å². The number of nitrogens with one attached hydrogen (secondary N) is 1. The number of ether oxygens (including phenoxy) is 1. The quantitative estimate of drug-likeness (QED) is 0.381. The van der Waals surface area contributed by atoms with Crippen molar-refractivity contribution in [2.24, 2.45) is 11.8 Å². The number of amides is 2. The highest BCUT2D eigenvalue weighted by Crippen LogP contribution is 2.51. The first kappa shape index (κ1) is 23.8. The molecule has 4 atom stereocenters. The first-order valence-corrected chi connectivity index (χ1v) is 11.4. The summed E-state index contributed by atoms with van der Waals surface area (Å²) in [6, 6.07) is 11.3. The lowest BCUT2D eigenvalue weighted by molar-refractivity contribution is -0.152. The molecule has 2 fully saturated rings. The summed E-state index contributed by atoms with van der Waals surface area (Å²) in [6.45, 7) is 3.36. The van der Waals surface area contributed by atoms with E-state index in [9.17, 15) is 23.6 Å². The number of ketones is 1. The maximum atomic E-state index is 14.1. The summed E-state index contributed by atoms with van der Waals surface area (Å²) in [5, 5.41) is 3.23. The minimum absolute atomic E-state index is 0.202. The van der Waals surface area contributed by atoms with Crippen molar-refractivity contribution >= 4 is 29.3 Å². The van der Waals surface area contributed by atoms with Crippen molar-refractivity contribution in [2.75, 3.05) is 12.0 Å². The predicted molar refractivity (Wildman–Crippen MR) is 122 cm³/mol. The summed E-state index contributed by atoms with van der Waals surface area (Å²) in [5.41, 5.74) is -0.339. The zero-order valence-corrected chi connectivity index (χ0v) is 19.3. The molecule has 0 spiro atoms. The number of unbranched alkanes of at least 4 members (excludes halogenated alkanes) is 1. The lowest BCUT2D eigenvalue weighted by Gasteiger charge is -2.32. The average Bonchev–Trinajstić information content (AvgIpc) is 3.31. The molecule has 0 saturated carbocycles. The first-order chi connectivity index (χ1) is 16.2. The highest BCUT2D eigenvalue weighted by atomic mass is 19.1. The largest absolute Gasteiger partial charge is 0.468 e. The Hall–Kier alpha value is -3.39. The van der Waals surface area contributed by atoms with Gasteiger partial charge in [-0.1, -0.05) is 44.0 Å². The molecule has 8 heteroatoms. The molecule has 0 aromatic heterocycles. The molecule has 2 aliphatic heterocycles. The van der Waals surface area contributed by atoms with E-state index in [0.29, 0.717) is 17.5 Å². The number of hydrogen-bond donors (Lipinski definition) is 1. The molecule has 0 bridgehead atoms. The highest BCUT2D eigenvalue weighted by Gasteiger charge is 2.68. The second-order valence-electron chi connectivity index (χ2n) is 8.87. The Morgan fingerprint density at radius 2 is 1.85 bits per heavy atom. The summed E-state index contributed by atoms with van der Waals surface area (Å²) in [7, 11) is 1.25. The van der Waals surface area contributed by atoms with E-state index in [-0.39, 0.29) is 17.9 Å². The van der Waals surface area contributed by atoms with E-state index in [0.717, 1.165) is 11.3 Å². The van der Waals surface area contributed by atoms with Crippen molar-refractivity contribution in [2.45, 2.75) is 44.7 Å². The van der Waals surface area contributed by atoms with Gasteiger partial charge in [-0.05, 0) is 43.2 Å². The molecular formula is C26H27FN2O5. The number of benzene rings is 2. The molecule has 2 amide bonds. The van der Waals surface area contributed by atoms with Crippen molar-refractivity contribution in [1.29, 1.82) is 0 Å². The van der Waals surface area contributed by atoms with Crippen LogP contribution < -0.4 is 10.2 Å². The van der Waals surface area contributed by atoms with Crippen LogP contribution in [0.2, 0.25) is 0 Å². The fourth-order valence-electron chi connectivity index (χ4n) is 5.26. The molecule has 2 aromatic rings.